The number of carbonyl (C=O) groups is 2. The molecule has 0 bridgehead atoms. The summed E-state index contributed by atoms with van der Waals surface area (Å²) in [4.78, 5) is 35.1. The Labute approximate surface area is 192 Å². The van der Waals surface area contributed by atoms with Crippen molar-refractivity contribution in [2.75, 3.05) is 13.6 Å². The number of fused-ring (bicyclic) bond motifs is 1. The normalized spacial score (nSPS) is 19.1. The van der Waals surface area contributed by atoms with E-state index in [1.807, 2.05) is 48.7 Å². The fraction of sp³-hybridized carbons (Fsp3) is 0.222. The number of aromatic nitrogens is 2. The second kappa shape index (κ2) is 8.90. The molecule has 6 nitrogen and oxygen atoms in total. The summed E-state index contributed by atoms with van der Waals surface area (Å²) in [5.41, 5.74) is 4.22. The Hall–Kier alpha value is -3.93. The van der Waals surface area contributed by atoms with Crippen LogP contribution in [0.2, 0.25) is 0 Å². The summed E-state index contributed by atoms with van der Waals surface area (Å²) < 4.78 is 0. The van der Waals surface area contributed by atoms with E-state index in [0.29, 0.717) is 6.54 Å². The van der Waals surface area contributed by atoms with Gasteiger partial charge in [0.05, 0.1) is 12.0 Å². The maximum absolute atomic E-state index is 13.4. The number of pyridine rings is 1. The number of likely N-dealkylation sites (tertiary alicyclic amines) is 1. The zero-order chi connectivity index (χ0) is 22.8. The van der Waals surface area contributed by atoms with Gasteiger partial charge in [-0.2, -0.15) is 0 Å². The smallest absolute Gasteiger partial charge is 0.226 e. The van der Waals surface area contributed by atoms with Crippen molar-refractivity contribution in [3.05, 3.63) is 102 Å². The van der Waals surface area contributed by atoms with Crippen LogP contribution >= 0.6 is 0 Å². The quantitative estimate of drug-likeness (QED) is 0.477. The Kier molecular flexibility index (Phi) is 5.65. The van der Waals surface area contributed by atoms with Crippen molar-refractivity contribution in [2.45, 2.75) is 18.4 Å². The van der Waals surface area contributed by atoms with E-state index in [2.05, 4.69) is 39.6 Å². The minimum Gasteiger partial charge on any atom is -0.361 e. The summed E-state index contributed by atoms with van der Waals surface area (Å²) in [5, 5.41) is 4.31. The van der Waals surface area contributed by atoms with Gasteiger partial charge in [-0.1, -0.05) is 54.6 Å². The molecule has 0 aliphatic carbocycles. The number of H-pyrrole nitrogens is 1. The average Bonchev–Trinajstić information content (AvgIpc) is 3.41. The lowest BCUT2D eigenvalue weighted by Gasteiger charge is -2.25. The minimum absolute atomic E-state index is 0.0158. The monoisotopic (exact) mass is 438 g/mol. The third-order valence-corrected chi connectivity index (χ3v) is 6.63. The Balaban J connectivity index is 1.41. The summed E-state index contributed by atoms with van der Waals surface area (Å²) in [5.74, 6) is -0.605. The number of hydrogen-bond donors (Lipinski definition) is 2. The molecule has 0 radical (unpaired) electrons. The largest absolute Gasteiger partial charge is 0.361 e. The van der Waals surface area contributed by atoms with Crippen molar-refractivity contribution in [2.24, 2.45) is 5.92 Å². The molecule has 1 saturated heterocycles. The van der Waals surface area contributed by atoms with Crippen molar-refractivity contribution in [3.8, 4) is 0 Å². The SMILES string of the molecule is CN1C(=O)CC(C(=O)NCC(c2ccccc2)c2c[nH]c3ccccc23)C1c1cccnc1. The van der Waals surface area contributed by atoms with Crippen LogP contribution in [-0.2, 0) is 9.59 Å². The van der Waals surface area contributed by atoms with Crippen molar-refractivity contribution in [1.82, 2.24) is 20.2 Å². The lowest BCUT2D eigenvalue weighted by molar-refractivity contribution is -0.128. The van der Waals surface area contributed by atoms with Crippen LogP contribution in [-0.4, -0.2) is 40.3 Å². The highest BCUT2D eigenvalue weighted by molar-refractivity contribution is 5.90. The molecule has 0 spiro atoms. The Morgan fingerprint density at radius 1 is 1.12 bits per heavy atom. The van der Waals surface area contributed by atoms with Gasteiger partial charge in [0.1, 0.15) is 0 Å². The highest BCUT2D eigenvalue weighted by Crippen LogP contribution is 2.37. The Bertz CT molecular complexity index is 1270. The third-order valence-electron chi connectivity index (χ3n) is 6.63. The number of hydrogen-bond acceptors (Lipinski definition) is 3. The first-order valence-electron chi connectivity index (χ1n) is 11.2. The van der Waals surface area contributed by atoms with Gasteiger partial charge >= 0.3 is 0 Å². The van der Waals surface area contributed by atoms with Gasteiger partial charge in [-0.05, 0) is 28.8 Å². The number of nitrogens with zero attached hydrogens (tertiary/aromatic N) is 2. The van der Waals surface area contributed by atoms with E-state index in [4.69, 9.17) is 0 Å². The van der Waals surface area contributed by atoms with Gasteiger partial charge in [-0.15, -0.1) is 0 Å². The standard InChI is InChI=1S/C27H26N4O2/c1-31-25(32)14-21(26(31)19-10-7-13-28-15-19)27(33)30-16-22(18-8-3-2-4-9-18)23-17-29-24-12-6-5-11-20(23)24/h2-13,15,17,21-22,26,29H,14,16H2,1H3,(H,30,33). The van der Waals surface area contributed by atoms with Gasteiger partial charge in [-0.25, -0.2) is 0 Å². The van der Waals surface area contributed by atoms with Crippen LogP contribution < -0.4 is 5.32 Å². The predicted octanol–water partition coefficient (Wildman–Crippen LogP) is 4.03. The van der Waals surface area contributed by atoms with E-state index in [0.717, 1.165) is 27.6 Å². The van der Waals surface area contributed by atoms with E-state index >= 15 is 0 Å². The molecule has 2 amide bonds. The van der Waals surface area contributed by atoms with E-state index in [1.165, 1.54) is 0 Å². The van der Waals surface area contributed by atoms with Crippen molar-refractivity contribution in [1.29, 1.82) is 0 Å². The Morgan fingerprint density at radius 2 is 1.91 bits per heavy atom. The molecular weight excluding hydrogens is 412 g/mol. The van der Waals surface area contributed by atoms with Crippen molar-refractivity contribution < 1.29 is 9.59 Å². The predicted molar refractivity (Wildman–Crippen MR) is 127 cm³/mol. The molecule has 5 rings (SSSR count). The second-order valence-electron chi connectivity index (χ2n) is 8.54. The van der Waals surface area contributed by atoms with Gasteiger partial charge in [-0.3, -0.25) is 14.6 Å². The van der Waals surface area contributed by atoms with Gasteiger partial charge in [0, 0.05) is 55.4 Å². The third kappa shape index (κ3) is 4.00. The lowest BCUT2D eigenvalue weighted by atomic mass is 9.90. The lowest BCUT2D eigenvalue weighted by Crippen LogP contribution is -2.36. The first-order valence-corrected chi connectivity index (χ1v) is 11.2. The van der Waals surface area contributed by atoms with E-state index < -0.39 is 5.92 Å². The molecule has 1 fully saturated rings. The number of carbonyl (C=O) groups excluding carboxylic acids is 2. The highest BCUT2D eigenvalue weighted by Gasteiger charge is 2.42. The molecule has 2 aromatic heterocycles. The molecule has 1 aliphatic heterocycles. The van der Waals surface area contributed by atoms with E-state index in [9.17, 15) is 9.59 Å². The van der Waals surface area contributed by atoms with Crippen molar-refractivity contribution in [3.63, 3.8) is 0 Å². The summed E-state index contributed by atoms with van der Waals surface area (Å²) in [6.07, 6.45) is 5.66. The molecule has 166 valence electrons. The van der Waals surface area contributed by atoms with Crippen LogP contribution in [0.15, 0.2) is 85.3 Å². The Morgan fingerprint density at radius 3 is 2.70 bits per heavy atom. The fourth-order valence-electron chi connectivity index (χ4n) is 4.92. The van der Waals surface area contributed by atoms with Gasteiger partial charge in [0.25, 0.3) is 0 Å². The number of benzene rings is 2. The zero-order valence-electron chi connectivity index (χ0n) is 18.4. The molecule has 1 aliphatic rings. The number of nitrogens with one attached hydrogen (secondary N) is 2. The summed E-state index contributed by atoms with van der Waals surface area (Å²) >= 11 is 0. The molecule has 3 atom stereocenters. The zero-order valence-corrected chi connectivity index (χ0v) is 18.4. The van der Waals surface area contributed by atoms with Gasteiger partial charge < -0.3 is 15.2 Å². The van der Waals surface area contributed by atoms with E-state index in [1.54, 1.807) is 24.3 Å². The van der Waals surface area contributed by atoms with Crippen LogP contribution in [0.25, 0.3) is 10.9 Å². The second-order valence-corrected chi connectivity index (χ2v) is 8.54. The molecule has 2 aromatic carbocycles. The molecule has 4 aromatic rings. The van der Waals surface area contributed by atoms with Crippen molar-refractivity contribution >= 4 is 22.7 Å². The molecular formula is C27H26N4O2. The maximum Gasteiger partial charge on any atom is 0.226 e. The molecule has 6 heteroatoms. The first-order chi connectivity index (χ1) is 16.1. The molecule has 2 N–H and O–H groups in total. The van der Waals surface area contributed by atoms with Crippen LogP contribution in [0.5, 0.6) is 0 Å². The van der Waals surface area contributed by atoms with Crippen LogP contribution in [0, 0.1) is 5.92 Å². The minimum atomic E-state index is -0.453. The number of aromatic amines is 1. The average molecular weight is 439 g/mol. The molecule has 3 heterocycles. The molecule has 33 heavy (non-hydrogen) atoms. The fourth-order valence-corrected chi connectivity index (χ4v) is 4.92. The summed E-state index contributed by atoms with van der Waals surface area (Å²) in [6, 6.07) is 21.8. The van der Waals surface area contributed by atoms with Crippen LogP contribution in [0.4, 0.5) is 0 Å². The van der Waals surface area contributed by atoms with E-state index in [-0.39, 0.29) is 30.2 Å². The first kappa shape index (κ1) is 20.9. The number of amides is 2. The number of para-hydroxylation sites is 1. The number of rotatable bonds is 6. The highest BCUT2D eigenvalue weighted by atomic mass is 16.2. The van der Waals surface area contributed by atoms with Gasteiger partial charge in [0.15, 0.2) is 0 Å². The maximum atomic E-state index is 13.4. The molecule has 3 unspecified atom stereocenters. The summed E-state index contributed by atoms with van der Waals surface area (Å²) in [6.45, 7) is 0.443. The topological polar surface area (TPSA) is 78.1 Å². The van der Waals surface area contributed by atoms with Crippen LogP contribution in [0.1, 0.15) is 35.1 Å². The molecule has 0 saturated carbocycles. The van der Waals surface area contributed by atoms with Gasteiger partial charge in [0.2, 0.25) is 11.8 Å². The van der Waals surface area contributed by atoms with Crippen LogP contribution in [0.3, 0.4) is 0 Å². The summed E-state index contributed by atoms with van der Waals surface area (Å²) in [7, 11) is 1.76.